The van der Waals surface area contributed by atoms with Gasteiger partial charge in [-0.1, -0.05) is 23.4 Å². The Hall–Kier alpha value is -4.22. The molecule has 39 heavy (non-hydrogen) atoms. The van der Waals surface area contributed by atoms with Gasteiger partial charge in [-0.15, -0.1) is 10.2 Å². The van der Waals surface area contributed by atoms with Gasteiger partial charge in [0.1, 0.15) is 11.5 Å². The summed E-state index contributed by atoms with van der Waals surface area (Å²) in [6.07, 6.45) is 1.47. The minimum absolute atomic E-state index is 0.0503. The van der Waals surface area contributed by atoms with Crippen LogP contribution in [0.15, 0.2) is 70.9 Å². The Bertz CT molecular complexity index is 1460. The fourth-order valence-corrected chi connectivity index (χ4v) is 4.47. The van der Waals surface area contributed by atoms with Gasteiger partial charge in [0, 0.05) is 27.9 Å². The molecule has 0 aliphatic rings. The number of carbonyl (C=O) groups is 1. The van der Waals surface area contributed by atoms with Crippen LogP contribution in [0.1, 0.15) is 5.56 Å². The highest BCUT2D eigenvalue weighted by atomic mass is 35.5. The third kappa shape index (κ3) is 6.62. The summed E-state index contributed by atoms with van der Waals surface area (Å²) < 4.78 is 23.1. The third-order valence-electron chi connectivity index (χ3n) is 5.53. The van der Waals surface area contributed by atoms with Crippen molar-refractivity contribution < 1.29 is 23.7 Å². The lowest BCUT2D eigenvalue weighted by molar-refractivity contribution is -0.118. The Morgan fingerprint density at radius 1 is 0.923 bits per heavy atom. The molecule has 0 unspecified atom stereocenters. The van der Waals surface area contributed by atoms with E-state index in [9.17, 15) is 4.79 Å². The van der Waals surface area contributed by atoms with E-state index in [-0.39, 0.29) is 11.7 Å². The maximum Gasteiger partial charge on any atom is 0.250 e. The molecule has 12 heteroatoms. The quantitative estimate of drug-likeness (QED) is 0.155. The summed E-state index contributed by atoms with van der Waals surface area (Å²) in [5.74, 6) is 2.61. The van der Waals surface area contributed by atoms with E-state index in [0.717, 1.165) is 17.0 Å². The zero-order valence-electron chi connectivity index (χ0n) is 21.7. The second-order valence-electron chi connectivity index (χ2n) is 7.88. The summed E-state index contributed by atoms with van der Waals surface area (Å²) >= 11 is 7.33. The van der Waals surface area contributed by atoms with Crippen molar-refractivity contribution in [3.63, 3.8) is 0 Å². The molecule has 202 valence electrons. The first-order valence-electron chi connectivity index (χ1n) is 11.6. The Balaban J connectivity index is 1.51. The summed E-state index contributed by atoms with van der Waals surface area (Å²) in [5.41, 5.74) is 4.77. The van der Waals surface area contributed by atoms with Gasteiger partial charge in [0.05, 0.1) is 40.4 Å². The zero-order valence-corrected chi connectivity index (χ0v) is 23.2. The molecule has 0 radical (unpaired) electrons. The zero-order chi connectivity index (χ0) is 27.8. The number of rotatable bonds is 11. The number of nitrogens with one attached hydrogen (secondary N) is 1. The van der Waals surface area contributed by atoms with E-state index in [2.05, 4.69) is 20.7 Å². The molecule has 0 saturated carbocycles. The first-order chi connectivity index (χ1) is 19.0. The first kappa shape index (κ1) is 27.8. The normalized spacial score (nSPS) is 10.9. The lowest BCUT2D eigenvalue weighted by Crippen LogP contribution is -2.20. The molecule has 1 N–H and O–H groups in total. The van der Waals surface area contributed by atoms with E-state index in [1.165, 1.54) is 39.3 Å². The van der Waals surface area contributed by atoms with Crippen molar-refractivity contribution >= 4 is 35.5 Å². The maximum atomic E-state index is 12.6. The predicted molar refractivity (Wildman–Crippen MR) is 151 cm³/mol. The van der Waals surface area contributed by atoms with Crippen molar-refractivity contribution in [1.29, 1.82) is 0 Å². The monoisotopic (exact) mass is 567 g/mol. The molecular weight excluding hydrogens is 542 g/mol. The van der Waals surface area contributed by atoms with Crippen LogP contribution in [-0.4, -0.2) is 61.1 Å². The molecule has 0 aliphatic heterocycles. The number of methoxy groups -OCH3 is 4. The highest BCUT2D eigenvalue weighted by molar-refractivity contribution is 7.99. The molecule has 3 aromatic carbocycles. The van der Waals surface area contributed by atoms with Crippen molar-refractivity contribution in [2.75, 3.05) is 34.2 Å². The number of nitrogens with zero attached hydrogens (tertiary/aromatic N) is 4. The molecule has 1 heterocycles. The Morgan fingerprint density at radius 2 is 1.59 bits per heavy atom. The molecule has 0 atom stereocenters. The van der Waals surface area contributed by atoms with Crippen LogP contribution >= 0.6 is 23.4 Å². The van der Waals surface area contributed by atoms with E-state index in [1.54, 1.807) is 31.4 Å². The summed E-state index contributed by atoms with van der Waals surface area (Å²) in [4.78, 5) is 12.6. The minimum Gasteiger partial charge on any atom is -0.497 e. The van der Waals surface area contributed by atoms with Gasteiger partial charge >= 0.3 is 0 Å². The van der Waals surface area contributed by atoms with Gasteiger partial charge in [-0.05, 0) is 54.6 Å². The minimum atomic E-state index is -0.327. The van der Waals surface area contributed by atoms with Crippen molar-refractivity contribution in [3.8, 4) is 40.1 Å². The van der Waals surface area contributed by atoms with Crippen LogP contribution in [0.25, 0.3) is 17.1 Å². The third-order valence-corrected chi connectivity index (χ3v) is 6.71. The van der Waals surface area contributed by atoms with E-state index >= 15 is 0 Å². The summed E-state index contributed by atoms with van der Waals surface area (Å²) in [7, 11) is 6.22. The lowest BCUT2D eigenvalue weighted by atomic mass is 10.2. The van der Waals surface area contributed by atoms with Crippen LogP contribution in [0.3, 0.4) is 0 Å². The number of thioether (sulfide) groups is 1. The second kappa shape index (κ2) is 13.0. The van der Waals surface area contributed by atoms with Crippen molar-refractivity contribution in [3.05, 3.63) is 71.2 Å². The molecule has 0 spiro atoms. The summed E-state index contributed by atoms with van der Waals surface area (Å²) in [6.45, 7) is 0. The van der Waals surface area contributed by atoms with E-state index in [0.29, 0.717) is 38.8 Å². The fourth-order valence-electron chi connectivity index (χ4n) is 3.60. The number of aromatic nitrogens is 3. The Kier molecular flexibility index (Phi) is 9.29. The standard InChI is InChI=1S/C27H26ClN5O5S/c1-35-21-11-5-17(6-12-21)26-31-32-27(33(26)20-9-7-19(28)8-10-20)39-16-25(34)30-29-15-18-13-23(37-3)24(38-4)14-22(18)36-2/h5-15H,16H2,1-4H3,(H,30,34). The number of hydrogen-bond donors (Lipinski definition) is 1. The van der Waals surface area contributed by atoms with E-state index in [4.69, 9.17) is 30.5 Å². The van der Waals surface area contributed by atoms with Gasteiger partial charge in [0.15, 0.2) is 22.5 Å². The lowest BCUT2D eigenvalue weighted by Gasteiger charge is -2.12. The smallest absolute Gasteiger partial charge is 0.250 e. The highest BCUT2D eigenvalue weighted by Crippen LogP contribution is 2.34. The van der Waals surface area contributed by atoms with Crippen LogP contribution < -0.4 is 24.4 Å². The number of amides is 1. The number of benzene rings is 3. The van der Waals surface area contributed by atoms with Crippen molar-refractivity contribution in [2.24, 2.45) is 5.10 Å². The number of halogens is 1. The number of hydrazone groups is 1. The molecule has 0 saturated heterocycles. The van der Waals surface area contributed by atoms with Crippen LogP contribution in [0.4, 0.5) is 0 Å². The molecule has 0 fully saturated rings. The molecule has 0 aliphatic carbocycles. The predicted octanol–water partition coefficient (Wildman–Crippen LogP) is 4.86. The van der Waals surface area contributed by atoms with Crippen molar-refractivity contribution in [1.82, 2.24) is 20.2 Å². The van der Waals surface area contributed by atoms with Crippen LogP contribution in [0.5, 0.6) is 23.0 Å². The number of carbonyl (C=O) groups excluding carboxylic acids is 1. The average Bonchev–Trinajstić information content (AvgIpc) is 3.40. The van der Waals surface area contributed by atoms with E-state index < -0.39 is 0 Å². The molecule has 1 aromatic heterocycles. The molecule has 0 bridgehead atoms. The summed E-state index contributed by atoms with van der Waals surface area (Å²) in [6, 6.07) is 18.2. The van der Waals surface area contributed by atoms with Gasteiger partial charge < -0.3 is 18.9 Å². The summed E-state index contributed by atoms with van der Waals surface area (Å²) in [5, 5.41) is 13.9. The van der Waals surface area contributed by atoms with Crippen LogP contribution in [0, 0.1) is 0 Å². The second-order valence-corrected chi connectivity index (χ2v) is 9.26. The van der Waals surface area contributed by atoms with E-state index in [1.807, 2.05) is 41.0 Å². The van der Waals surface area contributed by atoms with Gasteiger partial charge in [-0.25, -0.2) is 5.43 Å². The Labute approximate surface area is 234 Å². The van der Waals surface area contributed by atoms with Gasteiger partial charge in [0.25, 0.3) is 5.91 Å². The Morgan fingerprint density at radius 3 is 2.23 bits per heavy atom. The van der Waals surface area contributed by atoms with Gasteiger partial charge in [0.2, 0.25) is 0 Å². The molecule has 10 nitrogen and oxygen atoms in total. The first-order valence-corrected chi connectivity index (χ1v) is 12.9. The number of hydrogen-bond acceptors (Lipinski definition) is 9. The van der Waals surface area contributed by atoms with Crippen molar-refractivity contribution in [2.45, 2.75) is 5.16 Å². The molecular formula is C27H26ClN5O5S. The average molecular weight is 568 g/mol. The molecule has 1 amide bonds. The molecule has 4 aromatic rings. The largest absolute Gasteiger partial charge is 0.497 e. The van der Waals surface area contributed by atoms with Crippen LogP contribution in [0.2, 0.25) is 5.02 Å². The van der Waals surface area contributed by atoms with Gasteiger partial charge in [-0.2, -0.15) is 5.10 Å². The highest BCUT2D eigenvalue weighted by Gasteiger charge is 2.18. The van der Waals surface area contributed by atoms with Gasteiger partial charge in [-0.3, -0.25) is 9.36 Å². The van der Waals surface area contributed by atoms with Crippen LogP contribution in [-0.2, 0) is 4.79 Å². The maximum absolute atomic E-state index is 12.6. The number of ether oxygens (including phenoxy) is 4. The SMILES string of the molecule is COc1ccc(-c2nnc(SCC(=O)NN=Cc3cc(OC)c(OC)cc3OC)n2-c2ccc(Cl)cc2)cc1. The topological polar surface area (TPSA) is 109 Å². The fraction of sp³-hybridized carbons (Fsp3) is 0.185. The molecule has 4 rings (SSSR count).